The zero-order valence-corrected chi connectivity index (χ0v) is 8.08. The van der Waals surface area contributed by atoms with Crippen LogP contribution in [0.15, 0.2) is 12.2 Å². The first-order valence-electron chi connectivity index (χ1n) is 4.65. The fourth-order valence-electron chi connectivity index (χ4n) is 0.951. The second-order valence-electron chi connectivity index (χ2n) is 2.81. The van der Waals surface area contributed by atoms with E-state index in [9.17, 15) is 9.59 Å². The summed E-state index contributed by atoms with van der Waals surface area (Å²) in [7, 11) is 0. The first kappa shape index (κ1) is 11.9. The van der Waals surface area contributed by atoms with Gasteiger partial charge < -0.3 is 10.1 Å². The summed E-state index contributed by atoms with van der Waals surface area (Å²) in [6.07, 6.45) is 7.63. The van der Waals surface area contributed by atoms with Gasteiger partial charge in [-0.2, -0.15) is 0 Å². The molecule has 0 radical (unpaired) electrons. The van der Waals surface area contributed by atoms with E-state index in [1.54, 1.807) is 6.08 Å². The molecule has 0 aliphatic carbocycles. The lowest BCUT2D eigenvalue weighted by molar-refractivity contribution is -0.116. The summed E-state index contributed by atoms with van der Waals surface area (Å²) >= 11 is 0. The van der Waals surface area contributed by atoms with Gasteiger partial charge in [0.25, 0.3) is 0 Å². The molecule has 0 spiro atoms. The summed E-state index contributed by atoms with van der Waals surface area (Å²) in [6, 6.07) is 0. The second-order valence-corrected chi connectivity index (χ2v) is 2.81. The molecule has 3 nitrogen and oxygen atoms in total. The Morgan fingerprint density at radius 2 is 2.08 bits per heavy atom. The topological polar surface area (TPSA) is 46.2 Å². The highest BCUT2D eigenvalue weighted by molar-refractivity contribution is 5.87. The number of rotatable bonds is 7. The van der Waals surface area contributed by atoms with E-state index in [-0.39, 0.29) is 5.91 Å². The van der Waals surface area contributed by atoms with Crippen molar-refractivity contribution < 1.29 is 9.59 Å². The van der Waals surface area contributed by atoms with Crippen LogP contribution >= 0.6 is 0 Å². The molecule has 0 unspecified atom stereocenters. The van der Waals surface area contributed by atoms with Crippen LogP contribution in [-0.4, -0.2) is 18.7 Å². The van der Waals surface area contributed by atoms with Gasteiger partial charge in [-0.3, -0.25) is 4.79 Å². The van der Waals surface area contributed by atoms with E-state index in [0.29, 0.717) is 13.0 Å². The van der Waals surface area contributed by atoms with Gasteiger partial charge in [-0.05, 0) is 25.8 Å². The number of hydrogen-bond acceptors (Lipinski definition) is 2. The number of carbonyl (C=O) groups excluding carboxylic acids is 2. The lowest BCUT2D eigenvalue weighted by Crippen LogP contribution is -2.21. The maximum atomic E-state index is 10.9. The lowest BCUT2D eigenvalue weighted by Gasteiger charge is -2.00. The van der Waals surface area contributed by atoms with Gasteiger partial charge in [0.2, 0.25) is 5.91 Å². The standard InChI is InChI=1S/C10H17NO2/c1-2-7-10(13)11-8-5-3-4-6-9-12/h2,7,9H,3-6,8H2,1H3,(H,11,13)/b7-2-. The van der Waals surface area contributed by atoms with Gasteiger partial charge in [0.15, 0.2) is 0 Å². The molecular weight excluding hydrogens is 166 g/mol. The lowest BCUT2D eigenvalue weighted by atomic mass is 10.2. The maximum absolute atomic E-state index is 10.9. The van der Waals surface area contributed by atoms with Gasteiger partial charge in [0.1, 0.15) is 6.29 Å². The van der Waals surface area contributed by atoms with Crippen LogP contribution in [0.3, 0.4) is 0 Å². The molecule has 1 amide bonds. The molecule has 0 bridgehead atoms. The molecule has 0 aromatic heterocycles. The van der Waals surface area contributed by atoms with Crippen molar-refractivity contribution in [3.63, 3.8) is 0 Å². The Morgan fingerprint density at radius 3 is 2.69 bits per heavy atom. The minimum atomic E-state index is -0.0436. The molecular formula is C10H17NO2. The molecule has 0 aliphatic heterocycles. The van der Waals surface area contributed by atoms with E-state index in [4.69, 9.17) is 0 Å². The zero-order chi connectivity index (χ0) is 9.94. The molecule has 3 heteroatoms. The Bertz CT molecular complexity index is 176. The number of aldehydes is 1. The van der Waals surface area contributed by atoms with Crippen molar-refractivity contribution in [3.8, 4) is 0 Å². The Balaban J connectivity index is 3.15. The second kappa shape index (κ2) is 8.97. The van der Waals surface area contributed by atoms with Gasteiger partial charge in [0, 0.05) is 13.0 Å². The molecule has 74 valence electrons. The van der Waals surface area contributed by atoms with Crippen molar-refractivity contribution >= 4 is 12.2 Å². The largest absolute Gasteiger partial charge is 0.353 e. The molecule has 0 aromatic rings. The van der Waals surface area contributed by atoms with Crippen molar-refractivity contribution in [3.05, 3.63) is 12.2 Å². The number of nitrogens with one attached hydrogen (secondary N) is 1. The summed E-state index contributed by atoms with van der Waals surface area (Å²) in [4.78, 5) is 20.8. The number of carbonyl (C=O) groups is 2. The minimum absolute atomic E-state index is 0.0436. The van der Waals surface area contributed by atoms with Gasteiger partial charge in [-0.1, -0.05) is 12.5 Å². The van der Waals surface area contributed by atoms with E-state index in [1.165, 1.54) is 6.08 Å². The van der Waals surface area contributed by atoms with Crippen LogP contribution in [-0.2, 0) is 9.59 Å². The van der Waals surface area contributed by atoms with Crippen molar-refractivity contribution in [2.24, 2.45) is 0 Å². The van der Waals surface area contributed by atoms with E-state index in [2.05, 4.69) is 5.32 Å². The molecule has 13 heavy (non-hydrogen) atoms. The first-order chi connectivity index (χ1) is 6.31. The first-order valence-corrected chi connectivity index (χ1v) is 4.65. The Morgan fingerprint density at radius 1 is 1.31 bits per heavy atom. The van der Waals surface area contributed by atoms with Crippen molar-refractivity contribution in [2.75, 3.05) is 6.54 Å². The summed E-state index contributed by atoms with van der Waals surface area (Å²) in [5.74, 6) is -0.0436. The van der Waals surface area contributed by atoms with E-state index in [1.807, 2.05) is 6.92 Å². The van der Waals surface area contributed by atoms with E-state index in [0.717, 1.165) is 25.5 Å². The third kappa shape index (κ3) is 8.79. The molecule has 0 atom stereocenters. The van der Waals surface area contributed by atoms with Crippen molar-refractivity contribution in [1.29, 1.82) is 0 Å². The Labute approximate surface area is 79.2 Å². The summed E-state index contributed by atoms with van der Waals surface area (Å²) < 4.78 is 0. The minimum Gasteiger partial charge on any atom is -0.353 e. The molecule has 0 aromatic carbocycles. The highest BCUT2D eigenvalue weighted by atomic mass is 16.1. The molecule has 0 fully saturated rings. The van der Waals surface area contributed by atoms with E-state index < -0.39 is 0 Å². The average Bonchev–Trinajstić information content (AvgIpc) is 2.11. The molecule has 0 saturated heterocycles. The number of allylic oxidation sites excluding steroid dienone is 1. The molecule has 0 heterocycles. The van der Waals surface area contributed by atoms with Gasteiger partial charge in [-0.25, -0.2) is 0 Å². The van der Waals surface area contributed by atoms with E-state index >= 15 is 0 Å². The maximum Gasteiger partial charge on any atom is 0.243 e. The Hall–Kier alpha value is -1.12. The van der Waals surface area contributed by atoms with Crippen LogP contribution < -0.4 is 5.32 Å². The third-order valence-corrected chi connectivity index (χ3v) is 1.62. The number of hydrogen-bond donors (Lipinski definition) is 1. The van der Waals surface area contributed by atoms with Crippen LogP contribution in [0.5, 0.6) is 0 Å². The van der Waals surface area contributed by atoms with Crippen molar-refractivity contribution in [2.45, 2.75) is 32.6 Å². The van der Waals surface area contributed by atoms with Crippen LogP contribution in [0.4, 0.5) is 0 Å². The molecule has 0 saturated carbocycles. The summed E-state index contributed by atoms with van der Waals surface area (Å²) in [6.45, 7) is 2.51. The smallest absolute Gasteiger partial charge is 0.243 e. The molecule has 0 aliphatic rings. The number of unbranched alkanes of at least 4 members (excludes halogenated alkanes) is 3. The van der Waals surface area contributed by atoms with Gasteiger partial charge >= 0.3 is 0 Å². The van der Waals surface area contributed by atoms with Gasteiger partial charge in [0.05, 0.1) is 0 Å². The number of amides is 1. The van der Waals surface area contributed by atoms with Gasteiger partial charge in [-0.15, -0.1) is 0 Å². The SMILES string of the molecule is C/C=C\C(=O)NCCCCCC=O. The fourth-order valence-corrected chi connectivity index (χ4v) is 0.951. The highest BCUT2D eigenvalue weighted by Crippen LogP contribution is 1.95. The zero-order valence-electron chi connectivity index (χ0n) is 8.08. The predicted octanol–water partition coefficient (Wildman–Crippen LogP) is 1.44. The van der Waals surface area contributed by atoms with Crippen LogP contribution in [0, 0.1) is 0 Å². The normalized spacial score (nSPS) is 10.2. The van der Waals surface area contributed by atoms with Crippen LogP contribution in [0.1, 0.15) is 32.6 Å². The van der Waals surface area contributed by atoms with Crippen LogP contribution in [0.25, 0.3) is 0 Å². The predicted molar refractivity (Wildman–Crippen MR) is 52.4 cm³/mol. The third-order valence-electron chi connectivity index (χ3n) is 1.62. The quantitative estimate of drug-likeness (QED) is 0.369. The average molecular weight is 183 g/mol. The molecule has 1 N–H and O–H groups in total. The monoisotopic (exact) mass is 183 g/mol. The Kier molecular flexibility index (Phi) is 8.20. The van der Waals surface area contributed by atoms with Crippen LogP contribution in [0.2, 0.25) is 0 Å². The summed E-state index contributed by atoms with van der Waals surface area (Å²) in [5, 5.41) is 2.75. The fraction of sp³-hybridized carbons (Fsp3) is 0.600. The summed E-state index contributed by atoms with van der Waals surface area (Å²) in [5.41, 5.74) is 0. The highest BCUT2D eigenvalue weighted by Gasteiger charge is 1.92. The van der Waals surface area contributed by atoms with Crippen molar-refractivity contribution in [1.82, 2.24) is 5.32 Å². The molecule has 0 rings (SSSR count).